The number of ether oxygens (including phenoxy) is 5. The second-order valence-electron chi connectivity index (χ2n) is 8.24. The molecule has 0 saturated carbocycles. The van der Waals surface area contributed by atoms with Gasteiger partial charge in [0.05, 0.1) is 38.0 Å². The zero-order chi connectivity index (χ0) is 30.7. The van der Waals surface area contributed by atoms with E-state index in [9.17, 15) is 33.6 Å². The van der Waals surface area contributed by atoms with Gasteiger partial charge >= 0.3 is 29.8 Å². The normalized spacial score (nSPS) is 11.6. The Morgan fingerprint density at radius 3 is 1.51 bits per heavy atom. The third-order valence-electron chi connectivity index (χ3n) is 5.26. The van der Waals surface area contributed by atoms with Gasteiger partial charge < -0.3 is 34.3 Å². The van der Waals surface area contributed by atoms with Crippen LogP contribution in [0.25, 0.3) is 0 Å². The van der Waals surface area contributed by atoms with Crippen LogP contribution >= 0.6 is 0 Å². The van der Waals surface area contributed by atoms with Crippen LogP contribution in [0.15, 0.2) is 42.5 Å². The Kier molecular flexibility index (Phi) is 11.5. The predicted molar refractivity (Wildman–Crippen MR) is 138 cm³/mol. The molecule has 0 radical (unpaired) electrons. The maximum Gasteiger partial charge on any atom is 0.337 e. The fourth-order valence-corrected chi connectivity index (χ4v) is 3.41. The van der Waals surface area contributed by atoms with Gasteiger partial charge in [0.1, 0.15) is 0 Å². The summed E-state index contributed by atoms with van der Waals surface area (Å²) in [4.78, 5) is 85.7. The number of amides is 2. The Balaban J connectivity index is 2.35. The number of esters is 5. The quantitative estimate of drug-likeness (QED) is 0.289. The SMILES string of the molecule is COC(=O)c1ccc(CNC(=O)[C@H](OC(C)=O)[C@@H](OC(C)=O)C(=O)Nc2cc(C(=O)OC)cc(C(=O)OC)c2)cc1. The van der Waals surface area contributed by atoms with Crippen LogP contribution in [0.2, 0.25) is 0 Å². The number of carbonyl (C=O) groups is 7. The molecule has 0 aliphatic carbocycles. The topological polar surface area (TPSA) is 190 Å². The third kappa shape index (κ3) is 9.16. The highest BCUT2D eigenvalue weighted by Gasteiger charge is 2.39. The zero-order valence-electron chi connectivity index (χ0n) is 22.8. The van der Waals surface area contributed by atoms with E-state index in [-0.39, 0.29) is 28.9 Å². The molecule has 2 amide bonds. The second-order valence-corrected chi connectivity index (χ2v) is 8.24. The van der Waals surface area contributed by atoms with Gasteiger partial charge in [-0.3, -0.25) is 19.2 Å². The molecule has 0 aromatic heterocycles. The van der Waals surface area contributed by atoms with E-state index < -0.39 is 53.9 Å². The van der Waals surface area contributed by atoms with E-state index in [2.05, 4.69) is 24.8 Å². The number of hydrogen-bond donors (Lipinski definition) is 2. The number of methoxy groups -OCH3 is 3. The van der Waals surface area contributed by atoms with E-state index in [0.29, 0.717) is 5.56 Å². The number of benzene rings is 2. The number of carbonyl (C=O) groups excluding carboxylic acids is 7. The van der Waals surface area contributed by atoms with E-state index in [1.54, 1.807) is 0 Å². The molecule has 2 atom stereocenters. The molecule has 41 heavy (non-hydrogen) atoms. The van der Waals surface area contributed by atoms with Gasteiger partial charge in [-0.1, -0.05) is 12.1 Å². The molecule has 2 aromatic rings. The van der Waals surface area contributed by atoms with Crippen molar-refractivity contribution in [3.63, 3.8) is 0 Å². The van der Waals surface area contributed by atoms with Crippen LogP contribution in [0.4, 0.5) is 5.69 Å². The number of rotatable bonds is 11. The lowest BCUT2D eigenvalue weighted by molar-refractivity contribution is -0.173. The predicted octanol–water partition coefficient (Wildman–Crippen LogP) is 1.16. The highest BCUT2D eigenvalue weighted by molar-refractivity contribution is 6.03. The molecule has 218 valence electrons. The summed E-state index contributed by atoms with van der Waals surface area (Å²) >= 11 is 0. The number of nitrogens with one attached hydrogen (secondary N) is 2. The molecule has 0 aliphatic heterocycles. The van der Waals surface area contributed by atoms with Crippen molar-refractivity contribution in [2.45, 2.75) is 32.6 Å². The Hall–Kier alpha value is -5.27. The molecule has 0 aliphatic rings. The standard InChI is InChI=1S/C27H28N2O12/c1-14(30)40-21(23(32)28-13-16-6-8-17(9-7-16)25(34)37-3)22(41-15(2)31)24(33)29-20-11-18(26(35)38-4)10-19(12-20)27(36)39-5/h6-12,21-22H,13H2,1-5H3,(H,28,32)(H,29,33)/t21-,22-/m1/s1. The molecule has 14 heteroatoms. The van der Waals surface area contributed by atoms with Gasteiger partial charge in [0.25, 0.3) is 11.8 Å². The first-order valence-corrected chi connectivity index (χ1v) is 11.8. The first-order chi connectivity index (χ1) is 19.4. The van der Waals surface area contributed by atoms with Crippen molar-refractivity contribution >= 4 is 47.3 Å². The molecule has 0 unspecified atom stereocenters. The van der Waals surface area contributed by atoms with Crippen LogP contribution in [0.1, 0.15) is 50.5 Å². The molecule has 0 saturated heterocycles. The first kappa shape index (κ1) is 31.9. The number of hydrogen-bond acceptors (Lipinski definition) is 12. The largest absolute Gasteiger partial charge is 0.465 e. The molecule has 2 rings (SSSR count). The summed E-state index contributed by atoms with van der Waals surface area (Å²) < 4.78 is 24.0. The molecular formula is C27H28N2O12. The Morgan fingerprint density at radius 2 is 1.07 bits per heavy atom. The molecule has 0 bridgehead atoms. The maximum absolute atomic E-state index is 13.2. The summed E-state index contributed by atoms with van der Waals surface area (Å²) in [5, 5.41) is 4.82. The van der Waals surface area contributed by atoms with Crippen LogP contribution in [0, 0.1) is 0 Å². The molecule has 14 nitrogen and oxygen atoms in total. The Labute approximate surface area is 234 Å². The van der Waals surface area contributed by atoms with Gasteiger partial charge in [-0.2, -0.15) is 0 Å². The van der Waals surface area contributed by atoms with Crippen LogP contribution in [-0.2, 0) is 49.4 Å². The van der Waals surface area contributed by atoms with Gasteiger partial charge in [0.15, 0.2) is 0 Å². The lowest BCUT2D eigenvalue weighted by atomic mass is 10.1. The van der Waals surface area contributed by atoms with Gasteiger partial charge in [-0.15, -0.1) is 0 Å². The second kappa shape index (κ2) is 14.8. The summed E-state index contributed by atoms with van der Waals surface area (Å²) in [6, 6.07) is 9.52. The summed E-state index contributed by atoms with van der Waals surface area (Å²) in [6.45, 7) is 1.84. The lowest BCUT2D eigenvalue weighted by Crippen LogP contribution is -2.51. The molecular weight excluding hydrogens is 544 g/mol. The summed E-state index contributed by atoms with van der Waals surface area (Å²) in [6.07, 6.45) is -3.92. The minimum Gasteiger partial charge on any atom is -0.465 e. The highest BCUT2D eigenvalue weighted by Crippen LogP contribution is 2.19. The van der Waals surface area contributed by atoms with Crippen LogP contribution < -0.4 is 10.6 Å². The smallest absolute Gasteiger partial charge is 0.337 e. The lowest BCUT2D eigenvalue weighted by Gasteiger charge is -2.25. The molecule has 2 N–H and O–H groups in total. The van der Waals surface area contributed by atoms with E-state index in [4.69, 9.17) is 9.47 Å². The van der Waals surface area contributed by atoms with Gasteiger partial charge in [-0.25, -0.2) is 14.4 Å². The molecule has 0 spiro atoms. The van der Waals surface area contributed by atoms with Crippen molar-refractivity contribution in [1.82, 2.24) is 5.32 Å². The van der Waals surface area contributed by atoms with Crippen molar-refractivity contribution in [2.24, 2.45) is 0 Å². The fraction of sp³-hybridized carbons (Fsp3) is 0.296. The van der Waals surface area contributed by atoms with E-state index in [1.165, 1.54) is 49.6 Å². The fourth-order valence-electron chi connectivity index (χ4n) is 3.41. The van der Waals surface area contributed by atoms with Crippen LogP contribution in [0.5, 0.6) is 0 Å². The van der Waals surface area contributed by atoms with Crippen LogP contribution in [-0.4, -0.2) is 75.2 Å². The first-order valence-electron chi connectivity index (χ1n) is 11.8. The maximum atomic E-state index is 13.2. The minimum atomic E-state index is -1.98. The summed E-state index contributed by atoms with van der Waals surface area (Å²) in [5.41, 5.74) is 0.446. The minimum absolute atomic E-state index is 0.115. The van der Waals surface area contributed by atoms with E-state index in [0.717, 1.165) is 28.1 Å². The van der Waals surface area contributed by atoms with E-state index in [1.807, 2.05) is 0 Å². The average molecular weight is 573 g/mol. The molecule has 0 heterocycles. The summed E-state index contributed by atoms with van der Waals surface area (Å²) in [5.74, 6) is -6.27. The Bertz CT molecular complexity index is 1300. The molecule has 2 aromatic carbocycles. The van der Waals surface area contributed by atoms with Crippen molar-refractivity contribution < 1.29 is 57.2 Å². The highest BCUT2D eigenvalue weighted by atomic mass is 16.6. The monoisotopic (exact) mass is 572 g/mol. The van der Waals surface area contributed by atoms with Gasteiger partial charge in [0.2, 0.25) is 12.2 Å². The van der Waals surface area contributed by atoms with E-state index >= 15 is 0 Å². The zero-order valence-corrected chi connectivity index (χ0v) is 22.8. The Morgan fingerprint density at radius 1 is 0.634 bits per heavy atom. The van der Waals surface area contributed by atoms with Crippen molar-refractivity contribution in [3.8, 4) is 0 Å². The van der Waals surface area contributed by atoms with Crippen molar-refractivity contribution in [1.29, 1.82) is 0 Å². The average Bonchev–Trinajstić information content (AvgIpc) is 2.95. The summed E-state index contributed by atoms with van der Waals surface area (Å²) in [7, 11) is 3.45. The number of anilines is 1. The van der Waals surface area contributed by atoms with Crippen molar-refractivity contribution in [2.75, 3.05) is 26.6 Å². The third-order valence-corrected chi connectivity index (χ3v) is 5.26. The van der Waals surface area contributed by atoms with Gasteiger partial charge in [0, 0.05) is 26.1 Å². The van der Waals surface area contributed by atoms with Gasteiger partial charge in [-0.05, 0) is 35.9 Å². The van der Waals surface area contributed by atoms with Crippen LogP contribution in [0.3, 0.4) is 0 Å². The molecule has 0 fully saturated rings. The van der Waals surface area contributed by atoms with Crippen molar-refractivity contribution in [3.05, 3.63) is 64.7 Å².